The van der Waals surface area contributed by atoms with Gasteiger partial charge in [-0.05, 0) is 46.9 Å². The second-order valence-corrected chi connectivity index (χ2v) is 9.21. The Labute approximate surface area is 173 Å². The summed E-state index contributed by atoms with van der Waals surface area (Å²) < 4.78 is 0. The summed E-state index contributed by atoms with van der Waals surface area (Å²) in [6.45, 7) is 0. The lowest BCUT2D eigenvalue weighted by atomic mass is 10.0. The Morgan fingerprint density at radius 2 is 1.04 bits per heavy atom. The van der Waals surface area contributed by atoms with Crippen LogP contribution in [-0.4, -0.2) is 0 Å². The first-order chi connectivity index (χ1) is 13.8. The fourth-order valence-corrected chi connectivity index (χ4v) is 6.08. The van der Waals surface area contributed by atoms with Gasteiger partial charge in [0.05, 0.1) is 0 Å². The van der Waals surface area contributed by atoms with E-state index in [1.165, 1.54) is 27.0 Å². The van der Waals surface area contributed by atoms with Crippen molar-refractivity contribution in [3.63, 3.8) is 0 Å². The van der Waals surface area contributed by atoms with Crippen molar-refractivity contribution in [2.24, 2.45) is 0 Å². The first-order valence-electron chi connectivity index (χ1n) is 9.47. The smallest absolute Gasteiger partial charge is 0.0474 e. The minimum absolute atomic E-state index is 0.560. The molecule has 0 fully saturated rings. The lowest BCUT2D eigenvalue weighted by molar-refractivity contribution is 1.20. The molecule has 0 aliphatic heterocycles. The van der Waals surface area contributed by atoms with Crippen molar-refractivity contribution >= 4 is 35.4 Å². The summed E-state index contributed by atoms with van der Waals surface area (Å²) in [5.41, 5.74) is 3.87. The fourth-order valence-electron chi connectivity index (χ4n) is 3.43. The van der Waals surface area contributed by atoms with Crippen LogP contribution >= 0.6 is 19.5 Å². The molecule has 0 spiro atoms. The summed E-state index contributed by atoms with van der Waals surface area (Å²) in [5.74, 6) is 0.560. The van der Waals surface area contributed by atoms with E-state index < -0.39 is 7.92 Å². The molecule has 28 heavy (non-hydrogen) atoms. The maximum Gasteiger partial charge on any atom is 0.0474 e. The average Bonchev–Trinajstić information content (AvgIpc) is 2.77. The third-order valence-corrected chi connectivity index (χ3v) is 7.69. The maximum absolute atomic E-state index is 5.94. The van der Waals surface area contributed by atoms with Gasteiger partial charge in [0.25, 0.3) is 0 Å². The van der Waals surface area contributed by atoms with E-state index in [2.05, 4.69) is 109 Å². The third-order valence-electron chi connectivity index (χ3n) is 4.83. The van der Waals surface area contributed by atoms with Crippen molar-refractivity contribution in [2.45, 2.75) is 12.3 Å². The van der Waals surface area contributed by atoms with Crippen LogP contribution in [0.5, 0.6) is 0 Å². The minimum atomic E-state index is -0.593. The van der Waals surface area contributed by atoms with Gasteiger partial charge in [-0.25, -0.2) is 0 Å². The predicted molar refractivity (Wildman–Crippen MR) is 124 cm³/mol. The number of alkyl halides is 1. The van der Waals surface area contributed by atoms with Gasteiger partial charge in [0, 0.05) is 5.88 Å². The largest absolute Gasteiger partial charge is 0.122 e. The SMILES string of the molecule is ClCc1ccc(Cc2ccccc2P(c2ccccc2)c2ccccc2)cc1. The molecule has 0 saturated carbocycles. The van der Waals surface area contributed by atoms with E-state index in [0.717, 1.165) is 12.0 Å². The van der Waals surface area contributed by atoms with Gasteiger partial charge >= 0.3 is 0 Å². The van der Waals surface area contributed by atoms with E-state index >= 15 is 0 Å². The maximum atomic E-state index is 5.94. The van der Waals surface area contributed by atoms with Gasteiger partial charge < -0.3 is 0 Å². The molecule has 138 valence electrons. The van der Waals surface area contributed by atoms with Crippen LogP contribution in [0, 0.1) is 0 Å². The van der Waals surface area contributed by atoms with Crippen LogP contribution in [0.3, 0.4) is 0 Å². The number of hydrogen-bond donors (Lipinski definition) is 0. The Hall–Kier alpha value is -2.40. The standard InChI is InChI=1S/C26H22ClP/c27-20-22-17-15-21(16-18-22)19-23-9-7-8-14-26(23)28(24-10-3-1-4-11-24)25-12-5-2-6-13-25/h1-18H,19-20H2. The Balaban J connectivity index is 1.77. The first kappa shape index (κ1) is 18.9. The van der Waals surface area contributed by atoms with Gasteiger partial charge in [-0.1, -0.05) is 109 Å². The molecule has 0 heterocycles. The zero-order valence-corrected chi connectivity index (χ0v) is 17.3. The molecule has 0 saturated heterocycles. The summed E-state index contributed by atoms with van der Waals surface area (Å²) in [7, 11) is -0.593. The van der Waals surface area contributed by atoms with Gasteiger partial charge in [0.2, 0.25) is 0 Å². The zero-order chi connectivity index (χ0) is 19.2. The predicted octanol–water partition coefficient (Wildman–Crippen LogP) is 5.77. The average molecular weight is 401 g/mol. The van der Waals surface area contributed by atoms with Crippen LogP contribution in [0.25, 0.3) is 0 Å². The molecule has 4 aromatic rings. The Morgan fingerprint density at radius 1 is 0.536 bits per heavy atom. The molecular weight excluding hydrogens is 379 g/mol. The Bertz CT molecular complexity index is 971. The Morgan fingerprint density at radius 3 is 1.61 bits per heavy atom. The summed E-state index contributed by atoms with van der Waals surface area (Å²) in [6.07, 6.45) is 0.928. The highest BCUT2D eigenvalue weighted by Crippen LogP contribution is 2.34. The number of halogens is 1. The van der Waals surface area contributed by atoms with E-state index in [1.807, 2.05) is 0 Å². The summed E-state index contributed by atoms with van der Waals surface area (Å²) in [6, 6.07) is 39.3. The highest BCUT2D eigenvalue weighted by molar-refractivity contribution is 7.79. The minimum Gasteiger partial charge on any atom is -0.122 e. The summed E-state index contributed by atoms with van der Waals surface area (Å²) in [4.78, 5) is 0. The molecule has 0 bridgehead atoms. The number of benzene rings is 4. The first-order valence-corrected chi connectivity index (χ1v) is 11.3. The number of rotatable bonds is 6. The highest BCUT2D eigenvalue weighted by atomic mass is 35.5. The van der Waals surface area contributed by atoms with Gasteiger partial charge in [-0.15, -0.1) is 11.6 Å². The molecule has 0 atom stereocenters. The third kappa shape index (κ3) is 4.36. The molecular formula is C26H22ClP. The molecule has 0 N–H and O–H groups in total. The normalized spacial score (nSPS) is 10.9. The summed E-state index contributed by atoms with van der Waals surface area (Å²) in [5, 5.41) is 4.19. The molecule has 0 aliphatic carbocycles. The van der Waals surface area contributed by atoms with Crippen molar-refractivity contribution in [1.82, 2.24) is 0 Å². The van der Waals surface area contributed by atoms with Crippen molar-refractivity contribution in [1.29, 1.82) is 0 Å². The van der Waals surface area contributed by atoms with Crippen LogP contribution in [0.2, 0.25) is 0 Å². The second kappa shape index (κ2) is 9.20. The molecule has 0 nitrogen and oxygen atoms in total. The van der Waals surface area contributed by atoms with E-state index in [0.29, 0.717) is 5.88 Å². The van der Waals surface area contributed by atoms with Gasteiger partial charge in [0.15, 0.2) is 0 Å². The molecule has 4 aromatic carbocycles. The van der Waals surface area contributed by atoms with E-state index in [9.17, 15) is 0 Å². The molecule has 0 radical (unpaired) electrons. The van der Waals surface area contributed by atoms with E-state index in [-0.39, 0.29) is 0 Å². The topological polar surface area (TPSA) is 0 Å². The van der Waals surface area contributed by atoms with Crippen LogP contribution in [0.1, 0.15) is 16.7 Å². The molecule has 0 unspecified atom stereocenters. The van der Waals surface area contributed by atoms with Crippen LogP contribution in [0.15, 0.2) is 109 Å². The second-order valence-electron chi connectivity index (χ2n) is 6.76. The molecule has 2 heteroatoms. The van der Waals surface area contributed by atoms with Crippen molar-refractivity contribution in [3.8, 4) is 0 Å². The van der Waals surface area contributed by atoms with Gasteiger partial charge in [-0.3, -0.25) is 0 Å². The van der Waals surface area contributed by atoms with Crippen LogP contribution < -0.4 is 15.9 Å². The van der Waals surface area contributed by atoms with Crippen molar-refractivity contribution in [3.05, 3.63) is 126 Å². The van der Waals surface area contributed by atoms with Gasteiger partial charge in [0.1, 0.15) is 0 Å². The van der Waals surface area contributed by atoms with Crippen LogP contribution in [-0.2, 0) is 12.3 Å². The molecule has 0 aromatic heterocycles. The Kier molecular flexibility index (Phi) is 6.22. The van der Waals surface area contributed by atoms with Crippen molar-refractivity contribution < 1.29 is 0 Å². The molecule has 4 rings (SSSR count). The number of hydrogen-bond acceptors (Lipinski definition) is 0. The van der Waals surface area contributed by atoms with Crippen LogP contribution in [0.4, 0.5) is 0 Å². The van der Waals surface area contributed by atoms with Crippen molar-refractivity contribution in [2.75, 3.05) is 0 Å². The zero-order valence-electron chi connectivity index (χ0n) is 15.6. The fraction of sp³-hybridized carbons (Fsp3) is 0.0769. The monoisotopic (exact) mass is 400 g/mol. The molecule has 0 amide bonds. The lowest BCUT2D eigenvalue weighted by Gasteiger charge is -2.22. The molecule has 0 aliphatic rings. The lowest BCUT2D eigenvalue weighted by Crippen LogP contribution is -2.23. The van der Waals surface area contributed by atoms with E-state index in [4.69, 9.17) is 11.6 Å². The summed E-state index contributed by atoms with van der Waals surface area (Å²) >= 11 is 5.94. The highest BCUT2D eigenvalue weighted by Gasteiger charge is 2.19. The quantitative estimate of drug-likeness (QED) is 0.284. The van der Waals surface area contributed by atoms with Gasteiger partial charge in [-0.2, -0.15) is 0 Å². The van der Waals surface area contributed by atoms with E-state index in [1.54, 1.807) is 0 Å².